The fraction of sp³-hybridized carbons (Fsp3) is 0.471. The van der Waals surface area contributed by atoms with Crippen molar-refractivity contribution in [3.63, 3.8) is 0 Å². The van der Waals surface area contributed by atoms with Gasteiger partial charge in [0.05, 0.1) is 12.5 Å². The van der Waals surface area contributed by atoms with Gasteiger partial charge in [0.2, 0.25) is 5.91 Å². The molecule has 23 heavy (non-hydrogen) atoms. The molecule has 0 spiro atoms. The third-order valence-corrected chi connectivity index (χ3v) is 4.90. The molecule has 0 radical (unpaired) electrons. The lowest BCUT2D eigenvalue weighted by Crippen LogP contribution is -2.45. The molecule has 6 nitrogen and oxygen atoms in total. The number of hydrogen-bond donors (Lipinski definition) is 1. The van der Waals surface area contributed by atoms with Crippen molar-refractivity contribution in [3.8, 4) is 11.5 Å². The average Bonchev–Trinajstić information content (AvgIpc) is 3.16. The first kappa shape index (κ1) is 14.4. The normalized spacial score (nSPS) is 24.5. The number of hydrogen-bond acceptors (Lipinski definition) is 5. The number of carbonyl (C=O) groups excluding carboxylic acids is 1. The molecule has 0 aliphatic carbocycles. The quantitative estimate of drug-likeness (QED) is 0.935. The van der Waals surface area contributed by atoms with Crippen LogP contribution in [0.3, 0.4) is 0 Å². The SMILES string of the molecule is Cc1ccccc1-c1nc(CN2CCC[C@H]3C(=O)NC[C@H]32)no1. The van der Waals surface area contributed by atoms with E-state index in [1.54, 1.807) is 0 Å². The predicted octanol–water partition coefficient (Wildman–Crippen LogP) is 1.76. The number of piperidine rings is 1. The summed E-state index contributed by atoms with van der Waals surface area (Å²) >= 11 is 0. The molecular weight excluding hydrogens is 292 g/mol. The van der Waals surface area contributed by atoms with E-state index in [9.17, 15) is 4.79 Å². The number of carbonyl (C=O) groups is 1. The lowest BCUT2D eigenvalue weighted by atomic mass is 9.91. The summed E-state index contributed by atoms with van der Waals surface area (Å²) in [6, 6.07) is 8.25. The van der Waals surface area contributed by atoms with Crippen molar-refractivity contribution >= 4 is 5.91 Å². The van der Waals surface area contributed by atoms with Gasteiger partial charge in [-0.15, -0.1) is 0 Å². The second-order valence-corrected chi connectivity index (χ2v) is 6.36. The Kier molecular flexibility index (Phi) is 3.61. The number of nitrogens with zero attached hydrogens (tertiary/aromatic N) is 3. The maximum Gasteiger partial charge on any atom is 0.258 e. The first-order valence-corrected chi connectivity index (χ1v) is 8.13. The summed E-state index contributed by atoms with van der Waals surface area (Å²) in [5.74, 6) is 1.55. The molecule has 2 aliphatic rings. The first-order valence-electron chi connectivity index (χ1n) is 8.13. The summed E-state index contributed by atoms with van der Waals surface area (Å²) < 4.78 is 5.44. The molecule has 6 heteroatoms. The molecule has 0 unspecified atom stereocenters. The van der Waals surface area contributed by atoms with Crippen molar-refractivity contribution in [1.82, 2.24) is 20.4 Å². The van der Waals surface area contributed by atoms with Gasteiger partial charge in [-0.2, -0.15) is 4.98 Å². The minimum atomic E-state index is 0.117. The monoisotopic (exact) mass is 312 g/mol. The maximum absolute atomic E-state index is 11.8. The van der Waals surface area contributed by atoms with E-state index in [4.69, 9.17) is 4.52 Å². The highest BCUT2D eigenvalue weighted by Crippen LogP contribution is 2.28. The molecule has 2 atom stereocenters. The molecule has 0 saturated carbocycles. The van der Waals surface area contributed by atoms with Crippen molar-refractivity contribution in [2.75, 3.05) is 13.1 Å². The molecule has 2 fully saturated rings. The van der Waals surface area contributed by atoms with Gasteiger partial charge in [-0.3, -0.25) is 9.69 Å². The Morgan fingerprint density at radius 2 is 2.26 bits per heavy atom. The van der Waals surface area contributed by atoms with E-state index in [1.165, 1.54) is 0 Å². The van der Waals surface area contributed by atoms with Crippen LogP contribution in [0.5, 0.6) is 0 Å². The van der Waals surface area contributed by atoms with E-state index < -0.39 is 0 Å². The average molecular weight is 312 g/mol. The van der Waals surface area contributed by atoms with E-state index in [2.05, 4.69) is 20.4 Å². The topological polar surface area (TPSA) is 71.3 Å². The molecular formula is C17H20N4O2. The van der Waals surface area contributed by atoms with E-state index >= 15 is 0 Å². The van der Waals surface area contributed by atoms with Gasteiger partial charge < -0.3 is 9.84 Å². The van der Waals surface area contributed by atoms with Gasteiger partial charge in [0.15, 0.2) is 5.82 Å². The Hall–Kier alpha value is -2.21. The smallest absolute Gasteiger partial charge is 0.258 e. The molecule has 1 N–H and O–H groups in total. The number of likely N-dealkylation sites (tertiary alicyclic amines) is 1. The van der Waals surface area contributed by atoms with Crippen LogP contribution >= 0.6 is 0 Å². The Morgan fingerprint density at radius 1 is 1.39 bits per heavy atom. The zero-order chi connectivity index (χ0) is 15.8. The van der Waals surface area contributed by atoms with Gasteiger partial charge in [-0.25, -0.2) is 0 Å². The minimum absolute atomic E-state index is 0.117. The highest BCUT2D eigenvalue weighted by molar-refractivity contribution is 5.82. The third-order valence-electron chi connectivity index (χ3n) is 4.90. The molecule has 2 aliphatic heterocycles. The zero-order valence-corrected chi connectivity index (χ0v) is 13.2. The summed E-state index contributed by atoms with van der Waals surface area (Å²) in [6.07, 6.45) is 2.02. The van der Waals surface area contributed by atoms with Gasteiger partial charge in [-0.05, 0) is 37.9 Å². The van der Waals surface area contributed by atoms with Crippen LogP contribution in [0.2, 0.25) is 0 Å². The molecule has 2 saturated heterocycles. The third kappa shape index (κ3) is 2.63. The van der Waals surface area contributed by atoms with Crippen molar-refractivity contribution < 1.29 is 9.32 Å². The molecule has 3 heterocycles. The van der Waals surface area contributed by atoms with Crippen LogP contribution in [-0.4, -0.2) is 40.1 Å². The van der Waals surface area contributed by atoms with Crippen LogP contribution in [0.15, 0.2) is 28.8 Å². The highest BCUT2D eigenvalue weighted by Gasteiger charge is 2.40. The second-order valence-electron chi connectivity index (χ2n) is 6.36. The van der Waals surface area contributed by atoms with Crippen LogP contribution in [0.25, 0.3) is 11.5 Å². The summed E-state index contributed by atoms with van der Waals surface area (Å²) in [6.45, 7) is 4.37. The summed E-state index contributed by atoms with van der Waals surface area (Å²) in [7, 11) is 0. The number of aryl methyl sites for hydroxylation is 1. The standard InChI is InChI=1S/C17H20N4O2/c1-11-5-2-3-6-12(11)17-19-15(20-23-17)10-21-8-4-7-13-14(21)9-18-16(13)22/h2-3,5-6,13-14H,4,7-10H2,1H3,(H,18,22)/t13-,14-/m1/s1. The van der Waals surface area contributed by atoms with Gasteiger partial charge >= 0.3 is 0 Å². The molecule has 2 aromatic rings. The minimum Gasteiger partial charge on any atom is -0.354 e. The first-order chi connectivity index (χ1) is 11.2. The van der Waals surface area contributed by atoms with Crippen LogP contribution in [-0.2, 0) is 11.3 Å². The molecule has 1 aromatic heterocycles. The molecule has 1 amide bonds. The lowest BCUT2D eigenvalue weighted by Gasteiger charge is -2.34. The highest BCUT2D eigenvalue weighted by atomic mass is 16.5. The molecule has 0 bridgehead atoms. The van der Waals surface area contributed by atoms with Crippen molar-refractivity contribution in [2.24, 2.45) is 5.92 Å². The predicted molar refractivity (Wildman–Crippen MR) is 84.4 cm³/mol. The summed E-state index contributed by atoms with van der Waals surface area (Å²) in [5.41, 5.74) is 2.09. The second kappa shape index (κ2) is 5.77. The number of fused-ring (bicyclic) bond motifs is 1. The van der Waals surface area contributed by atoms with Gasteiger partial charge in [0.25, 0.3) is 5.89 Å². The Morgan fingerprint density at radius 3 is 3.13 bits per heavy atom. The van der Waals surface area contributed by atoms with Crippen molar-refractivity contribution in [2.45, 2.75) is 32.4 Å². The van der Waals surface area contributed by atoms with Gasteiger partial charge in [0, 0.05) is 18.2 Å². The fourth-order valence-electron chi connectivity index (χ4n) is 3.66. The van der Waals surface area contributed by atoms with Crippen LogP contribution < -0.4 is 5.32 Å². The molecule has 120 valence electrons. The van der Waals surface area contributed by atoms with Crippen LogP contribution in [0.1, 0.15) is 24.2 Å². The Balaban J connectivity index is 1.52. The van der Waals surface area contributed by atoms with Crippen LogP contribution in [0.4, 0.5) is 0 Å². The van der Waals surface area contributed by atoms with Gasteiger partial charge in [-0.1, -0.05) is 23.4 Å². The van der Waals surface area contributed by atoms with Crippen molar-refractivity contribution in [1.29, 1.82) is 0 Å². The number of aromatic nitrogens is 2. The van der Waals surface area contributed by atoms with E-state index in [1.807, 2.05) is 31.2 Å². The number of rotatable bonds is 3. The van der Waals surface area contributed by atoms with Gasteiger partial charge in [0.1, 0.15) is 0 Å². The molecule has 4 rings (SSSR count). The lowest BCUT2D eigenvalue weighted by molar-refractivity contribution is -0.124. The summed E-state index contributed by atoms with van der Waals surface area (Å²) in [4.78, 5) is 18.7. The van der Waals surface area contributed by atoms with E-state index in [0.717, 1.165) is 37.1 Å². The zero-order valence-electron chi connectivity index (χ0n) is 13.2. The number of nitrogens with one attached hydrogen (secondary N) is 1. The van der Waals surface area contributed by atoms with E-state index in [-0.39, 0.29) is 17.9 Å². The molecule has 1 aromatic carbocycles. The largest absolute Gasteiger partial charge is 0.354 e. The fourth-order valence-corrected chi connectivity index (χ4v) is 3.66. The number of benzene rings is 1. The van der Waals surface area contributed by atoms with Crippen molar-refractivity contribution in [3.05, 3.63) is 35.7 Å². The van der Waals surface area contributed by atoms with Crippen LogP contribution in [0, 0.1) is 12.8 Å². The number of amides is 1. The summed E-state index contributed by atoms with van der Waals surface area (Å²) in [5, 5.41) is 7.10. The maximum atomic E-state index is 11.8. The Bertz CT molecular complexity index is 727. The Labute approximate surface area is 134 Å². The van der Waals surface area contributed by atoms with E-state index in [0.29, 0.717) is 18.3 Å².